The minimum absolute atomic E-state index is 0.624. The highest BCUT2D eigenvalue weighted by molar-refractivity contribution is 6.21. The number of hydrogen-bond donors (Lipinski definition) is 0. The molecule has 4 aromatic heterocycles. The second-order valence-corrected chi connectivity index (χ2v) is 22.9. The molecule has 0 aliphatic rings. The first-order valence-electron chi connectivity index (χ1n) is 30.3. The van der Waals surface area contributed by atoms with Crippen molar-refractivity contribution in [1.29, 1.82) is 0 Å². The van der Waals surface area contributed by atoms with E-state index in [1.807, 2.05) is 72.8 Å². The molecule has 90 heavy (non-hydrogen) atoms. The van der Waals surface area contributed by atoms with E-state index in [0.29, 0.717) is 34.9 Å². The molecule has 0 saturated heterocycles. The Morgan fingerprint density at radius 1 is 0.178 bits per heavy atom. The van der Waals surface area contributed by atoms with Crippen LogP contribution in [0.3, 0.4) is 0 Å². The van der Waals surface area contributed by atoms with E-state index in [4.69, 9.17) is 29.9 Å². The van der Waals surface area contributed by atoms with Gasteiger partial charge in [-0.1, -0.05) is 255 Å². The molecule has 0 spiro atoms. The first-order chi connectivity index (χ1) is 44.6. The molecule has 18 aromatic rings. The van der Waals surface area contributed by atoms with Crippen molar-refractivity contribution < 1.29 is 0 Å². The topological polar surface area (TPSA) is 87.2 Å². The summed E-state index contributed by atoms with van der Waals surface area (Å²) in [6, 6.07) is 108. The van der Waals surface area contributed by atoms with E-state index in [2.05, 4.69) is 240 Å². The summed E-state index contributed by atoms with van der Waals surface area (Å²) in [6.07, 6.45) is 0. The van der Waals surface area contributed by atoms with Gasteiger partial charge in [0.25, 0.3) is 0 Å². The number of fused-ring (bicyclic) bond motifs is 12. The lowest BCUT2D eigenvalue weighted by atomic mass is 9.90. The molecular weight excluding hydrogens is 1100 g/mol. The van der Waals surface area contributed by atoms with Crippen LogP contribution in [0.15, 0.2) is 303 Å². The van der Waals surface area contributed by atoms with E-state index in [1.54, 1.807) is 0 Å². The number of hydrogen-bond acceptors (Lipinski definition) is 6. The van der Waals surface area contributed by atoms with Crippen LogP contribution in [-0.2, 0) is 0 Å². The molecular formula is C82H50N8. The first-order valence-corrected chi connectivity index (χ1v) is 30.3. The maximum Gasteiger partial charge on any atom is 0.164 e. The summed E-state index contributed by atoms with van der Waals surface area (Å²) >= 11 is 0. The predicted molar refractivity (Wildman–Crippen MR) is 370 cm³/mol. The van der Waals surface area contributed by atoms with E-state index < -0.39 is 0 Å². The molecule has 0 unspecified atom stereocenters. The summed E-state index contributed by atoms with van der Waals surface area (Å²) in [7, 11) is 0. The van der Waals surface area contributed by atoms with Crippen molar-refractivity contribution in [2.45, 2.75) is 0 Å². The van der Waals surface area contributed by atoms with Gasteiger partial charge in [0, 0.05) is 65.7 Å². The largest absolute Gasteiger partial charge is 0.248 e. The summed E-state index contributed by atoms with van der Waals surface area (Å²) in [5, 5.41) is 13.6. The van der Waals surface area contributed by atoms with Crippen LogP contribution in [0.4, 0.5) is 0 Å². The second-order valence-electron chi connectivity index (χ2n) is 22.9. The minimum atomic E-state index is 0.624. The molecule has 8 nitrogen and oxygen atoms in total. The SMILES string of the molecule is c1ccc(-c2nc(-c3ccccc3)nc(-c3ccc(-c4ccc5c(c4)c4ccccc4n5-n4c5ccccc5c5cc(-c6ccc(-c7nc(-c8ccccc8)nc(-c8ccccc8)n7)c7c6ccc6ccccc67)ccc54)c4ccc5ccccc5c34)n2)cc1. The van der Waals surface area contributed by atoms with Crippen molar-refractivity contribution in [3.05, 3.63) is 303 Å². The fourth-order valence-corrected chi connectivity index (χ4v) is 13.7. The lowest BCUT2D eigenvalue weighted by molar-refractivity contribution is 0.775. The van der Waals surface area contributed by atoms with E-state index >= 15 is 0 Å². The van der Waals surface area contributed by atoms with Crippen LogP contribution in [0.1, 0.15) is 0 Å². The van der Waals surface area contributed by atoms with Gasteiger partial charge in [-0.25, -0.2) is 39.3 Å². The van der Waals surface area contributed by atoms with Gasteiger partial charge in [0.1, 0.15) is 0 Å². The van der Waals surface area contributed by atoms with Crippen molar-refractivity contribution in [3.63, 3.8) is 0 Å². The summed E-state index contributed by atoms with van der Waals surface area (Å²) in [6.45, 7) is 0. The molecule has 0 amide bonds. The van der Waals surface area contributed by atoms with Crippen molar-refractivity contribution >= 4 is 86.7 Å². The lowest BCUT2D eigenvalue weighted by Crippen LogP contribution is -2.08. The van der Waals surface area contributed by atoms with E-state index in [-0.39, 0.29) is 0 Å². The van der Waals surface area contributed by atoms with Gasteiger partial charge in [-0.15, -0.1) is 0 Å². The average molecular weight is 1150 g/mol. The van der Waals surface area contributed by atoms with Gasteiger partial charge in [0.15, 0.2) is 34.9 Å². The molecule has 0 radical (unpaired) electrons. The van der Waals surface area contributed by atoms with Crippen molar-refractivity contribution in [2.75, 3.05) is 0 Å². The van der Waals surface area contributed by atoms with Crippen LogP contribution in [0.25, 0.3) is 177 Å². The van der Waals surface area contributed by atoms with Crippen molar-refractivity contribution in [2.24, 2.45) is 0 Å². The highest BCUT2D eigenvalue weighted by atomic mass is 15.5. The maximum atomic E-state index is 5.25. The normalized spacial score (nSPS) is 11.8. The number of nitrogens with zero attached hydrogens (tertiary/aromatic N) is 8. The number of aromatic nitrogens is 8. The Balaban J connectivity index is 0.798. The van der Waals surface area contributed by atoms with Gasteiger partial charge in [-0.3, -0.25) is 0 Å². The third kappa shape index (κ3) is 8.30. The third-order valence-corrected chi connectivity index (χ3v) is 17.8. The Morgan fingerprint density at radius 2 is 0.478 bits per heavy atom. The zero-order valence-corrected chi connectivity index (χ0v) is 48.4. The van der Waals surface area contributed by atoms with Crippen molar-refractivity contribution in [3.8, 4) is 90.6 Å². The number of rotatable bonds is 9. The number of para-hydroxylation sites is 2. The van der Waals surface area contributed by atoms with Crippen LogP contribution in [0.5, 0.6) is 0 Å². The molecule has 0 bridgehead atoms. The lowest BCUT2D eigenvalue weighted by Gasteiger charge is -2.16. The fraction of sp³-hybridized carbons (Fsp3) is 0. The van der Waals surface area contributed by atoms with E-state index in [1.165, 1.54) is 10.8 Å². The summed E-state index contributed by atoms with van der Waals surface area (Å²) in [5.41, 5.74) is 14.5. The standard InChI is InChI=1S/C82H50N8/c1-5-23-53(24-6-1)77-83-78(54-25-7-2-8-26-54)86-81(85-77)67-45-43-59(65-41-37-51-21-13-15-31-61(51)75(65)67)57-39-47-73-69(49-57)63-33-17-19-35-71(63)89(73)90-72-36-20-18-34-64(72)70-50-58(40-48-74(70)90)60-44-46-68(76-62-32-16-14-22-52(62)38-42-66(60)76)82-87-79(55-27-9-3-10-28-55)84-80(88-82)56-29-11-4-12-30-56/h1-50H. The van der Waals surface area contributed by atoms with Crippen LogP contribution in [0, 0.1) is 0 Å². The highest BCUT2D eigenvalue weighted by Gasteiger charge is 2.24. The fourth-order valence-electron chi connectivity index (χ4n) is 13.7. The highest BCUT2D eigenvalue weighted by Crippen LogP contribution is 2.45. The molecule has 4 heterocycles. The van der Waals surface area contributed by atoms with E-state index in [9.17, 15) is 0 Å². The van der Waals surface area contributed by atoms with E-state index in [0.717, 1.165) is 132 Å². The molecule has 0 N–H and O–H groups in total. The van der Waals surface area contributed by atoms with Crippen LogP contribution in [0.2, 0.25) is 0 Å². The Kier molecular flexibility index (Phi) is 11.7. The Bertz CT molecular complexity index is 5420. The summed E-state index contributed by atoms with van der Waals surface area (Å²) in [5.74, 6) is 3.76. The minimum Gasteiger partial charge on any atom is -0.248 e. The molecule has 8 heteroatoms. The Morgan fingerprint density at radius 3 is 0.856 bits per heavy atom. The zero-order valence-electron chi connectivity index (χ0n) is 48.4. The number of benzene rings is 14. The zero-order chi connectivity index (χ0) is 59.2. The molecule has 18 rings (SSSR count). The van der Waals surface area contributed by atoms with Gasteiger partial charge in [0.05, 0.1) is 22.1 Å². The molecule has 418 valence electrons. The first kappa shape index (κ1) is 51.0. The molecule has 0 aliphatic carbocycles. The predicted octanol–water partition coefficient (Wildman–Crippen LogP) is 20.5. The Hall–Kier alpha value is -12.3. The summed E-state index contributed by atoms with van der Waals surface area (Å²) < 4.78 is 4.84. The molecule has 14 aromatic carbocycles. The van der Waals surface area contributed by atoms with Gasteiger partial charge < -0.3 is 0 Å². The smallest absolute Gasteiger partial charge is 0.164 e. The maximum absolute atomic E-state index is 5.25. The van der Waals surface area contributed by atoms with Gasteiger partial charge in [-0.2, -0.15) is 0 Å². The summed E-state index contributed by atoms with van der Waals surface area (Å²) in [4.78, 5) is 31.1. The monoisotopic (exact) mass is 1150 g/mol. The molecule has 0 atom stereocenters. The molecule has 0 saturated carbocycles. The third-order valence-electron chi connectivity index (χ3n) is 17.8. The molecule has 0 aliphatic heterocycles. The average Bonchev–Trinajstić information content (AvgIpc) is 1.56. The van der Waals surface area contributed by atoms with Crippen LogP contribution < -0.4 is 0 Å². The Labute approximate surface area is 517 Å². The van der Waals surface area contributed by atoms with Crippen LogP contribution >= 0.6 is 0 Å². The quantitative estimate of drug-likeness (QED) is 0.134. The van der Waals surface area contributed by atoms with Crippen LogP contribution in [-0.4, -0.2) is 39.3 Å². The van der Waals surface area contributed by atoms with Gasteiger partial charge in [-0.05, 0) is 103 Å². The van der Waals surface area contributed by atoms with Crippen molar-refractivity contribution in [1.82, 2.24) is 39.3 Å². The molecule has 0 fully saturated rings. The van der Waals surface area contributed by atoms with Gasteiger partial charge in [0.2, 0.25) is 0 Å². The second kappa shape index (κ2) is 20.7. The van der Waals surface area contributed by atoms with Gasteiger partial charge >= 0.3 is 0 Å².